The number of ether oxygens (including phenoxy) is 1. The summed E-state index contributed by atoms with van der Waals surface area (Å²) in [4.78, 5) is 16.0. The molecular formula is C13H14N4O2. The summed E-state index contributed by atoms with van der Waals surface area (Å²) in [5, 5.41) is 2.74. The van der Waals surface area contributed by atoms with Gasteiger partial charge in [0.15, 0.2) is 0 Å². The van der Waals surface area contributed by atoms with Gasteiger partial charge in [-0.3, -0.25) is 10.6 Å². The van der Waals surface area contributed by atoms with Crippen molar-refractivity contribution >= 4 is 17.3 Å². The predicted molar refractivity (Wildman–Crippen MR) is 73.0 cm³/mol. The number of pyridine rings is 1. The average Bonchev–Trinajstić information content (AvgIpc) is 2.48. The van der Waals surface area contributed by atoms with Gasteiger partial charge in [-0.25, -0.2) is 4.98 Å². The highest BCUT2D eigenvalue weighted by Gasteiger charge is 2.10. The standard InChI is InChI=1S/C13H14N4O2/c1-19-12-5-3-2-4-10(12)16-13(18)11-7-6-9(17-14)8-15-11/h2-8,17H,14H2,1H3,(H,16,18). The number of para-hydroxylation sites is 2. The molecule has 0 saturated heterocycles. The van der Waals surface area contributed by atoms with Crippen molar-refractivity contribution in [1.82, 2.24) is 4.98 Å². The van der Waals surface area contributed by atoms with Crippen LogP contribution in [0.5, 0.6) is 5.75 Å². The van der Waals surface area contributed by atoms with Crippen LogP contribution in [0.1, 0.15) is 10.5 Å². The Morgan fingerprint density at radius 1 is 1.26 bits per heavy atom. The van der Waals surface area contributed by atoms with Crippen molar-refractivity contribution < 1.29 is 9.53 Å². The van der Waals surface area contributed by atoms with Gasteiger partial charge < -0.3 is 15.5 Å². The lowest BCUT2D eigenvalue weighted by atomic mass is 10.2. The van der Waals surface area contributed by atoms with Crippen LogP contribution in [-0.4, -0.2) is 18.0 Å². The first-order valence-corrected chi connectivity index (χ1v) is 5.61. The summed E-state index contributed by atoms with van der Waals surface area (Å²) in [6.07, 6.45) is 1.48. The van der Waals surface area contributed by atoms with Gasteiger partial charge in [0.2, 0.25) is 0 Å². The first-order valence-electron chi connectivity index (χ1n) is 5.61. The van der Waals surface area contributed by atoms with Crippen LogP contribution < -0.4 is 21.3 Å². The summed E-state index contributed by atoms with van der Waals surface area (Å²) in [5.41, 5.74) is 3.97. The van der Waals surface area contributed by atoms with Crippen LogP contribution in [0.2, 0.25) is 0 Å². The maximum absolute atomic E-state index is 12.0. The van der Waals surface area contributed by atoms with Gasteiger partial charge in [-0.15, -0.1) is 0 Å². The molecule has 0 unspecified atom stereocenters. The van der Waals surface area contributed by atoms with Crippen molar-refractivity contribution in [2.45, 2.75) is 0 Å². The molecule has 1 aromatic heterocycles. The summed E-state index contributed by atoms with van der Waals surface area (Å²) in [7, 11) is 1.55. The van der Waals surface area contributed by atoms with Crippen molar-refractivity contribution in [3.8, 4) is 5.75 Å². The molecule has 1 aromatic carbocycles. The zero-order valence-electron chi connectivity index (χ0n) is 10.4. The van der Waals surface area contributed by atoms with Crippen LogP contribution in [0.15, 0.2) is 42.6 Å². The van der Waals surface area contributed by atoms with Crippen LogP contribution >= 0.6 is 0 Å². The third-order valence-corrected chi connectivity index (χ3v) is 2.52. The number of carbonyl (C=O) groups excluding carboxylic acids is 1. The van der Waals surface area contributed by atoms with Gasteiger partial charge in [0.05, 0.1) is 24.7 Å². The van der Waals surface area contributed by atoms with Gasteiger partial charge in [0, 0.05) is 0 Å². The van der Waals surface area contributed by atoms with Crippen molar-refractivity contribution in [2.24, 2.45) is 5.84 Å². The Morgan fingerprint density at radius 2 is 2.05 bits per heavy atom. The van der Waals surface area contributed by atoms with Gasteiger partial charge in [-0.1, -0.05) is 12.1 Å². The Bertz CT molecular complexity index is 569. The molecule has 1 amide bonds. The fraction of sp³-hybridized carbons (Fsp3) is 0.0769. The quantitative estimate of drug-likeness (QED) is 0.573. The van der Waals surface area contributed by atoms with E-state index in [0.29, 0.717) is 22.8 Å². The minimum Gasteiger partial charge on any atom is -0.495 e. The molecule has 0 aliphatic carbocycles. The average molecular weight is 258 g/mol. The Kier molecular flexibility index (Phi) is 3.94. The number of hydrazine groups is 1. The third-order valence-electron chi connectivity index (χ3n) is 2.52. The molecular weight excluding hydrogens is 244 g/mol. The number of benzene rings is 1. The lowest BCUT2D eigenvalue weighted by molar-refractivity contribution is 0.102. The lowest BCUT2D eigenvalue weighted by Crippen LogP contribution is -2.15. The maximum atomic E-state index is 12.0. The SMILES string of the molecule is COc1ccccc1NC(=O)c1ccc(NN)cn1. The van der Waals surface area contributed by atoms with Gasteiger partial charge in [-0.05, 0) is 24.3 Å². The third kappa shape index (κ3) is 2.99. The molecule has 0 spiro atoms. The molecule has 0 atom stereocenters. The normalized spacial score (nSPS) is 9.79. The van der Waals surface area contributed by atoms with E-state index in [2.05, 4.69) is 15.7 Å². The van der Waals surface area contributed by atoms with E-state index < -0.39 is 0 Å². The highest BCUT2D eigenvalue weighted by Crippen LogP contribution is 2.23. The second kappa shape index (κ2) is 5.83. The van der Waals surface area contributed by atoms with E-state index in [4.69, 9.17) is 10.6 Å². The Balaban J connectivity index is 2.16. The topological polar surface area (TPSA) is 89.3 Å². The van der Waals surface area contributed by atoms with E-state index in [0.717, 1.165) is 0 Å². The molecule has 2 rings (SSSR count). The smallest absolute Gasteiger partial charge is 0.274 e. The molecule has 0 radical (unpaired) electrons. The minimum absolute atomic E-state index is 0.296. The molecule has 1 heterocycles. The van der Waals surface area contributed by atoms with E-state index in [-0.39, 0.29) is 5.91 Å². The number of nitrogen functional groups attached to an aromatic ring is 1. The molecule has 19 heavy (non-hydrogen) atoms. The number of hydrogen-bond acceptors (Lipinski definition) is 5. The number of rotatable bonds is 4. The lowest BCUT2D eigenvalue weighted by Gasteiger charge is -2.09. The fourth-order valence-corrected chi connectivity index (χ4v) is 1.55. The largest absolute Gasteiger partial charge is 0.495 e. The number of carbonyl (C=O) groups is 1. The summed E-state index contributed by atoms with van der Waals surface area (Å²) in [5.74, 6) is 5.51. The van der Waals surface area contributed by atoms with Crippen LogP contribution in [0, 0.1) is 0 Å². The molecule has 0 aliphatic heterocycles. The number of nitrogens with two attached hydrogens (primary N) is 1. The second-order valence-corrected chi connectivity index (χ2v) is 3.73. The number of nitrogens with one attached hydrogen (secondary N) is 2. The van der Waals surface area contributed by atoms with Crippen LogP contribution in [0.4, 0.5) is 11.4 Å². The van der Waals surface area contributed by atoms with Crippen LogP contribution in [-0.2, 0) is 0 Å². The minimum atomic E-state index is -0.312. The molecule has 6 nitrogen and oxygen atoms in total. The van der Waals surface area contributed by atoms with Crippen molar-refractivity contribution in [2.75, 3.05) is 17.9 Å². The van der Waals surface area contributed by atoms with Crippen LogP contribution in [0.25, 0.3) is 0 Å². The molecule has 0 saturated carbocycles. The molecule has 6 heteroatoms. The van der Waals surface area contributed by atoms with E-state index in [9.17, 15) is 4.79 Å². The summed E-state index contributed by atoms with van der Waals surface area (Å²) < 4.78 is 5.16. The summed E-state index contributed by atoms with van der Waals surface area (Å²) in [6, 6.07) is 10.4. The predicted octanol–water partition coefficient (Wildman–Crippen LogP) is 1.63. The number of methoxy groups -OCH3 is 1. The monoisotopic (exact) mass is 258 g/mol. The van der Waals surface area contributed by atoms with E-state index in [1.807, 2.05) is 12.1 Å². The Morgan fingerprint density at radius 3 is 2.68 bits per heavy atom. The van der Waals surface area contributed by atoms with Crippen molar-refractivity contribution in [3.63, 3.8) is 0 Å². The second-order valence-electron chi connectivity index (χ2n) is 3.73. The fourth-order valence-electron chi connectivity index (χ4n) is 1.55. The van der Waals surface area contributed by atoms with Crippen molar-refractivity contribution in [1.29, 1.82) is 0 Å². The number of nitrogens with zero attached hydrogens (tertiary/aromatic N) is 1. The Hall–Kier alpha value is -2.60. The molecule has 0 fully saturated rings. The van der Waals surface area contributed by atoms with E-state index in [1.54, 1.807) is 31.4 Å². The van der Waals surface area contributed by atoms with Gasteiger partial charge in [0.1, 0.15) is 11.4 Å². The highest BCUT2D eigenvalue weighted by atomic mass is 16.5. The maximum Gasteiger partial charge on any atom is 0.274 e. The molecule has 2 aromatic rings. The first kappa shape index (κ1) is 12.8. The first-order chi connectivity index (χ1) is 9.24. The summed E-state index contributed by atoms with van der Waals surface area (Å²) >= 11 is 0. The van der Waals surface area contributed by atoms with E-state index in [1.165, 1.54) is 6.20 Å². The van der Waals surface area contributed by atoms with Gasteiger partial charge in [-0.2, -0.15) is 0 Å². The highest BCUT2D eigenvalue weighted by molar-refractivity contribution is 6.03. The van der Waals surface area contributed by atoms with Crippen molar-refractivity contribution in [3.05, 3.63) is 48.3 Å². The Labute approximate surface area is 110 Å². The zero-order chi connectivity index (χ0) is 13.7. The zero-order valence-corrected chi connectivity index (χ0v) is 10.4. The number of hydrogen-bond donors (Lipinski definition) is 3. The van der Waals surface area contributed by atoms with Gasteiger partial charge in [0.25, 0.3) is 5.91 Å². The molecule has 0 bridgehead atoms. The number of amides is 1. The summed E-state index contributed by atoms with van der Waals surface area (Å²) in [6.45, 7) is 0. The molecule has 4 N–H and O–H groups in total. The van der Waals surface area contributed by atoms with E-state index >= 15 is 0 Å². The number of anilines is 2. The van der Waals surface area contributed by atoms with Crippen LogP contribution in [0.3, 0.4) is 0 Å². The number of aromatic nitrogens is 1. The molecule has 98 valence electrons. The van der Waals surface area contributed by atoms with Gasteiger partial charge >= 0.3 is 0 Å². The molecule has 0 aliphatic rings.